The molecule has 0 spiro atoms. The van der Waals surface area contributed by atoms with Crippen LogP contribution in [0.25, 0.3) is 0 Å². The number of nitrogens with two attached hydrogens (primary N) is 1. The second kappa shape index (κ2) is 283. The Morgan fingerprint density at radius 1 is 0.583 bits per heavy atom. The van der Waals surface area contributed by atoms with E-state index in [2.05, 4.69) is 33.4 Å². The summed E-state index contributed by atoms with van der Waals surface area (Å²) in [6.07, 6.45) is 2.50. The smallest absolute Gasteiger partial charge is 0.0195 e. The van der Waals surface area contributed by atoms with Gasteiger partial charge in [0.25, 0.3) is 0 Å². The number of hydrogen-bond acceptors (Lipinski definition) is 1. The maximum atomic E-state index is 4.50. The van der Waals surface area contributed by atoms with Gasteiger partial charge in [0.15, 0.2) is 0 Å². The first kappa shape index (κ1) is 29.7. The minimum absolute atomic E-state index is 1.25. The highest BCUT2D eigenvalue weighted by Gasteiger charge is 1.36. The molecule has 0 amide bonds. The molecule has 0 aromatic rings. The van der Waals surface area contributed by atoms with Crippen molar-refractivity contribution in [3.8, 4) is 0 Å². The zero-order valence-corrected chi connectivity index (χ0v) is 11.0. The van der Waals surface area contributed by atoms with Crippen molar-refractivity contribution in [3.05, 3.63) is 0 Å². The third kappa shape index (κ3) is 500000. The van der Waals surface area contributed by atoms with E-state index < -0.39 is 0 Å². The molecule has 2 N–H and O–H groups in total. The van der Waals surface area contributed by atoms with Gasteiger partial charge in [0.05, 0.1) is 0 Å². The number of rotatable bonds is 0. The van der Waals surface area contributed by atoms with Gasteiger partial charge in [-0.25, -0.2) is 0 Å². The highest BCUT2D eigenvalue weighted by molar-refractivity contribution is 3.92. The van der Waals surface area contributed by atoms with Crippen LogP contribution in [0, 0.1) is 0 Å². The van der Waals surface area contributed by atoms with Gasteiger partial charge in [0.2, 0.25) is 0 Å². The van der Waals surface area contributed by atoms with E-state index in [0.717, 1.165) is 0 Å². The lowest BCUT2D eigenvalue weighted by molar-refractivity contribution is 1.09. The molecule has 0 aliphatic carbocycles. The third-order valence-electron chi connectivity index (χ3n) is 0. The fourth-order valence-electron chi connectivity index (χ4n) is 0. The van der Waals surface area contributed by atoms with Crippen molar-refractivity contribution in [2.75, 3.05) is 7.05 Å². The van der Waals surface area contributed by atoms with E-state index in [1.54, 1.807) is 0 Å². The quantitative estimate of drug-likeness (QED) is 0.584. The Morgan fingerprint density at radius 3 is 0.583 bits per heavy atom. The minimum Gasteiger partial charge on any atom is -0.333 e. The monoisotopic (exact) mass is 179 g/mol. The lowest BCUT2D eigenvalue weighted by atomic mass is 10.6. The Labute approximate surface area is 81.8 Å². The van der Waals surface area contributed by atoms with Crippen LogP contribution in [0.5, 0.6) is 0 Å². The van der Waals surface area contributed by atoms with Crippen molar-refractivity contribution in [1.29, 1.82) is 0 Å². The molecule has 0 aromatic heterocycles. The average Bonchev–Trinajstić information content (AvgIpc) is 2.16. The van der Waals surface area contributed by atoms with Crippen molar-refractivity contribution in [1.82, 2.24) is 0 Å². The molecule has 82 valence electrons. The van der Waals surface area contributed by atoms with Gasteiger partial charge in [-0.2, -0.15) is 0 Å². The van der Waals surface area contributed by atoms with E-state index in [0.29, 0.717) is 0 Å². The summed E-state index contributed by atoms with van der Waals surface area (Å²) in [7, 11) is 1.50. The van der Waals surface area contributed by atoms with Gasteiger partial charge in [-0.1, -0.05) is 68.2 Å². The Bertz CT molecular complexity index is 6.97. The van der Waals surface area contributed by atoms with Gasteiger partial charge in [-0.05, 0) is 7.05 Å². The van der Waals surface area contributed by atoms with E-state index in [9.17, 15) is 0 Å². The van der Waals surface area contributed by atoms with Gasteiger partial charge in [0, 0.05) is 0 Å². The van der Waals surface area contributed by atoms with E-state index in [1.807, 2.05) is 27.7 Å². The van der Waals surface area contributed by atoms with Crippen LogP contribution in [-0.2, 0) is 0 Å². The molecule has 1 heteroatoms. The first-order valence-corrected chi connectivity index (χ1v) is 5.41. The summed E-state index contributed by atoms with van der Waals surface area (Å²) in [5.41, 5.74) is 4.50. The standard InChI is InChI=1S/2C3H8.2C2H6.CH5N/c2*1-3-2;3*1-2/h2*3H2,1-2H3;2*1-2H3;2H2,1H3. The van der Waals surface area contributed by atoms with Crippen LogP contribution in [0.4, 0.5) is 0 Å². The summed E-state index contributed by atoms with van der Waals surface area (Å²) in [5, 5.41) is 0. The molecule has 0 aliphatic rings. The van der Waals surface area contributed by atoms with Crippen molar-refractivity contribution < 1.29 is 0 Å². The highest BCUT2D eigenvalue weighted by Crippen LogP contribution is 1.56. The zero-order valence-electron chi connectivity index (χ0n) is 11.0. The van der Waals surface area contributed by atoms with E-state index in [1.165, 1.54) is 19.9 Å². The minimum atomic E-state index is 1.25. The van der Waals surface area contributed by atoms with E-state index >= 15 is 0 Å². The molecule has 0 fully saturated rings. The molecule has 0 rings (SSSR count). The lowest BCUT2D eigenvalue weighted by Crippen LogP contribution is -1.69. The second-order valence-corrected chi connectivity index (χ2v) is 1.41. The maximum Gasteiger partial charge on any atom is -0.0195 e. The molecule has 0 aromatic carbocycles. The summed E-state index contributed by atoms with van der Waals surface area (Å²) in [5.74, 6) is 0. The molecule has 0 aliphatic heterocycles. The Morgan fingerprint density at radius 2 is 0.583 bits per heavy atom. The van der Waals surface area contributed by atoms with Gasteiger partial charge < -0.3 is 5.73 Å². The molecule has 0 atom stereocenters. The van der Waals surface area contributed by atoms with Crippen LogP contribution in [0.1, 0.15) is 68.2 Å². The fourth-order valence-corrected chi connectivity index (χ4v) is 0. The molecule has 0 radical (unpaired) electrons. The fraction of sp³-hybridized carbons (Fsp3) is 1.00. The topological polar surface area (TPSA) is 26.0 Å². The predicted octanol–water partition coefficient (Wildman–Crippen LogP) is 4.46. The Hall–Kier alpha value is -0.0400. The first-order chi connectivity index (χ1) is 5.83. The van der Waals surface area contributed by atoms with Gasteiger partial charge >= 0.3 is 0 Å². The van der Waals surface area contributed by atoms with Gasteiger partial charge in [-0.3, -0.25) is 0 Å². The largest absolute Gasteiger partial charge is 0.333 e. The molecule has 12 heavy (non-hydrogen) atoms. The van der Waals surface area contributed by atoms with Crippen molar-refractivity contribution in [3.63, 3.8) is 0 Å². The van der Waals surface area contributed by atoms with E-state index in [4.69, 9.17) is 0 Å². The number of hydrogen-bond donors (Lipinski definition) is 1. The maximum absolute atomic E-state index is 4.50. The summed E-state index contributed by atoms with van der Waals surface area (Å²) in [6, 6.07) is 0. The molecular formula is C11H33N. The SMILES string of the molecule is CC.CC.CCC.CCC.CN. The molecule has 0 bridgehead atoms. The molecule has 0 saturated carbocycles. The van der Waals surface area contributed by atoms with Crippen molar-refractivity contribution in [2.45, 2.75) is 68.2 Å². The van der Waals surface area contributed by atoms with Crippen molar-refractivity contribution >= 4 is 0 Å². The molecule has 0 unspecified atom stereocenters. The highest BCUT2D eigenvalue weighted by atomic mass is 14.4. The van der Waals surface area contributed by atoms with Crippen LogP contribution in [-0.4, -0.2) is 7.05 Å². The van der Waals surface area contributed by atoms with E-state index in [-0.39, 0.29) is 0 Å². The molecular weight excluding hydrogens is 146 g/mol. The second-order valence-electron chi connectivity index (χ2n) is 1.41. The zero-order chi connectivity index (χ0) is 11.4. The molecule has 0 saturated heterocycles. The lowest BCUT2D eigenvalue weighted by Gasteiger charge is -1.48. The summed E-state index contributed by atoms with van der Waals surface area (Å²) in [6.45, 7) is 16.5. The van der Waals surface area contributed by atoms with Crippen LogP contribution in [0.3, 0.4) is 0 Å². The van der Waals surface area contributed by atoms with Gasteiger partial charge in [-0.15, -0.1) is 0 Å². The Balaban J connectivity index is -0.0000000174. The molecule has 1 nitrogen and oxygen atoms in total. The summed E-state index contributed by atoms with van der Waals surface area (Å²) in [4.78, 5) is 0. The third-order valence-corrected chi connectivity index (χ3v) is 0. The summed E-state index contributed by atoms with van der Waals surface area (Å²) < 4.78 is 0. The predicted molar refractivity (Wildman–Crippen MR) is 64.7 cm³/mol. The van der Waals surface area contributed by atoms with Crippen LogP contribution in [0.15, 0.2) is 0 Å². The van der Waals surface area contributed by atoms with Crippen LogP contribution >= 0.6 is 0 Å². The Kier molecular flexibility index (Phi) is 699. The average molecular weight is 179 g/mol. The van der Waals surface area contributed by atoms with Crippen LogP contribution in [0.2, 0.25) is 0 Å². The molecule has 0 heterocycles. The van der Waals surface area contributed by atoms with Gasteiger partial charge in [0.1, 0.15) is 0 Å². The first-order valence-electron chi connectivity index (χ1n) is 5.41. The van der Waals surface area contributed by atoms with Crippen molar-refractivity contribution in [2.24, 2.45) is 5.73 Å². The summed E-state index contributed by atoms with van der Waals surface area (Å²) >= 11 is 0. The normalized spacial score (nSPS) is 4.50. The van der Waals surface area contributed by atoms with Crippen LogP contribution < -0.4 is 5.73 Å².